The van der Waals surface area contributed by atoms with E-state index in [-0.39, 0.29) is 0 Å². The summed E-state index contributed by atoms with van der Waals surface area (Å²) in [4.78, 5) is 4.17. The van der Waals surface area contributed by atoms with E-state index in [2.05, 4.69) is 15.3 Å². The van der Waals surface area contributed by atoms with Gasteiger partial charge in [0.2, 0.25) is 0 Å². The molecule has 0 N–H and O–H groups in total. The van der Waals surface area contributed by atoms with Crippen LogP contribution in [0.25, 0.3) is 5.52 Å². The Morgan fingerprint density at radius 3 is 3.27 bits per heavy atom. The van der Waals surface area contributed by atoms with Gasteiger partial charge in [0.05, 0.1) is 17.9 Å². The number of rotatable bonds is 1. The van der Waals surface area contributed by atoms with Crippen LogP contribution in [-0.4, -0.2) is 19.8 Å². The fourth-order valence-corrected chi connectivity index (χ4v) is 1.05. The first-order valence-corrected chi connectivity index (χ1v) is 3.56. The molecule has 4 nitrogen and oxygen atoms in total. The summed E-state index contributed by atoms with van der Waals surface area (Å²) in [6.07, 6.45) is 4.34. The van der Waals surface area contributed by atoms with Crippen molar-refractivity contribution in [1.29, 1.82) is 0 Å². The molecule has 0 atom stereocenters. The summed E-state index contributed by atoms with van der Waals surface area (Å²) < 4.78 is 1.75. The van der Waals surface area contributed by atoms with E-state index in [0.29, 0.717) is 0 Å². The monoisotopic (exact) mass is 148 g/mol. The van der Waals surface area contributed by atoms with Gasteiger partial charge in [0.1, 0.15) is 5.82 Å². The Kier molecular flexibility index (Phi) is 1.31. The average Bonchev–Trinajstić information content (AvgIpc) is 2.47. The second-order valence-electron chi connectivity index (χ2n) is 2.29. The van der Waals surface area contributed by atoms with E-state index in [4.69, 9.17) is 0 Å². The average molecular weight is 148 g/mol. The third-order valence-electron chi connectivity index (χ3n) is 1.60. The smallest absolute Gasteiger partial charge is 0.132 e. The van der Waals surface area contributed by atoms with Gasteiger partial charge in [-0.25, -0.2) is 4.98 Å². The normalized spacial score (nSPS) is 10.6. The van der Waals surface area contributed by atoms with Crippen LogP contribution in [0, 0.1) is 0 Å². The van der Waals surface area contributed by atoms with Crippen LogP contribution in [0.3, 0.4) is 0 Å². The summed E-state index contributed by atoms with van der Waals surface area (Å²) in [5, 5.41) is 7.68. The molecule has 2 aromatic rings. The molecular formula is C7H8N4. The lowest BCUT2D eigenvalue weighted by atomic mass is 10.5. The van der Waals surface area contributed by atoms with Crippen LogP contribution in [0.1, 0.15) is 12.7 Å². The lowest BCUT2D eigenvalue weighted by Gasteiger charge is -1.92. The van der Waals surface area contributed by atoms with Crippen molar-refractivity contribution in [3.05, 3.63) is 24.3 Å². The van der Waals surface area contributed by atoms with Crippen LogP contribution >= 0.6 is 0 Å². The van der Waals surface area contributed by atoms with Crippen molar-refractivity contribution in [1.82, 2.24) is 19.8 Å². The van der Waals surface area contributed by atoms with Crippen LogP contribution in [0.4, 0.5) is 0 Å². The minimum Gasteiger partial charge on any atom is -0.239 e. The molecule has 0 fully saturated rings. The Balaban J connectivity index is 2.76. The zero-order valence-electron chi connectivity index (χ0n) is 6.23. The highest BCUT2D eigenvalue weighted by Crippen LogP contribution is 2.02. The maximum atomic E-state index is 4.17. The van der Waals surface area contributed by atoms with Crippen molar-refractivity contribution < 1.29 is 0 Å². The molecule has 0 unspecified atom stereocenters. The van der Waals surface area contributed by atoms with Crippen molar-refractivity contribution in [3.8, 4) is 0 Å². The van der Waals surface area contributed by atoms with Crippen molar-refractivity contribution in [2.45, 2.75) is 13.3 Å². The number of hydrogen-bond donors (Lipinski definition) is 0. The highest BCUT2D eigenvalue weighted by atomic mass is 15.4. The molecule has 0 amide bonds. The number of aromatic nitrogens is 4. The molecule has 2 heterocycles. The Labute approximate surface area is 63.9 Å². The maximum absolute atomic E-state index is 4.17. The molecule has 11 heavy (non-hydrogen) atoms. The first kappa shape index (κ1) is 6.27. The Hall–Kier alpha value is -1.45. The summed E-state index contributed by atoms with van der Waals surface area (Å²) in [6, 6.07) is 1.89. The van der Waals surface area contributed by atoms with Gasteiger partial charge in [0, 0.05) is 6.42 Å². The SMILES string of the molecule is CCc1ncc2ccnnn12. The predicted octanol–water partition coefficient (Wildman–Crippen LogP) is 0.687. The highest BCUT2D eigenvalue weighted by Gasteiger charge is 1.99. The fraction of sp³-hybridized carbons (Fsp3) is 0.286. The van der Waals surface area contributed by atoms with E-state index in [1.54, 1.807) is 16.9 Å². The van der Waals surface area contributed by atoms with Gasteiger partial charge in [0.15, 0.2) is 0 Å². The lowest BCUT2D eigenvalue weighted by Crippen LogP contribution is -1.98. The van der Waals surface area contributed by atoms with Crippen molar-refractivity contribution in [3.63, 3.8) is 0 Å². The highest BCUT2D eigenvalue weighted by molar-refractivity contribution is 5.42. The number of fused-ring (bicyclic) bond motifs is 1. The van der Waals surface area contributed by atoms with Crippen LogP contribution < -0.4 is 0 Å². The number of imidazole rings is 1. The molecule has 4 heteroatoms. The summed E-state index contributed by atoms with van der Waals surface area (Å²) in [5.74, 6) is 0.952. The summed E-state index contributed by atoms with van der Waals surface area (Å²) in [5.41, 5.74) is 0.997. The van der Waals surface area contributed by atoms with Crippen molar-refractivity contribution in [2.24, 2.45) is 0 Å². The maximum Gasteiger partial charge on any atom is 0.132 e. The van der Waals surface area contributed by atoms with E-state index < -0.39 is 0 Å². The van der Waals surface area contributed by atoms with Gasteiger partial charge >= 0.3 is 0 Å². The number of aryl methyl sites for hydroxylation is 1. The molecule has 0 aliphatic carbocycles. The number of hydrogen-bond acceptors (Lipinski definition) is 3. The van der Waals surface area contributed by atoms with Gasteiger partial charge in [0.25, 0.3) is 0 Å². The van der Waals surface area contributed by atoms with Gasteiger partial charge in [-0.15, -0.1) is 5.10 Å². The first-order valence-electron chi connectivity index (χ1n) is 3.56. The second-order valence-corrected chi connectivity index (χ2v) is 2.29. The van der Waals surface area contributed by atoms with Crippen LogP contribution in [0.2, 0.25) is 0 Å². The topological polar surface area (TPSA) is 43.1 Å². The Morgan fingerprint density at radius 2 is 2.45 bits per heavy atom. The zero-order chi connectivity index (χ0) is 7.68. The molecule has 0 saturated carbocycles. The molecular weight excluding hydrogens is 140 g/mol. The lowest BCUT2D eigenvalue weighted by molar-refractivity contribution is 0.751. The van der Waals surface area contributed by atoms with Crippen molar-refractivity contribution in [2.75, 3.05) is 0 Å². The Bertz CT molecular complexity index is 365. The van der Waals surface area contributed by atoms with Gasteiger partial charge in [-0.2, -0.15) is 4.52 Å². The van der Waals surface area contributed by atoms with Gasteiger partial charge < -0.3 is 0 Å². The van der Waals surface area contributed by atoms with Crippen molar-refractivity contribution >= 4 is 5.52 Å². The predicted molar refractivity (Wildman–Crippen MR) is 40.2 cm³/mol. The van der Waals surface area contributed by atoms with Gasteiger partial charge in [-0.3, -0.25) is 0 Å². The molecule has 56 valence electrons. The van der Waals surface area contributed by atoms with E-state index >= 15 is 0 Å². The van der Waals surface area contributed by atoms with Crippen LogP contribution in [0.5, 0.6) is 0 Å². The third kappa shape index (κ3) is 0.869. The van der Waals surface area contributed by atoms with Gasteiger partial charge in [-0.1, -0.05) is 12.1 Å². The largest absolute Gasteiger partial charge is 0.239 e. The number of nitrogens with zero attached hydrogens (tertiary/aromatic N) is 4. The molecule has 0 aliphatic rings. The van der Waals surface area contributed by atoms with E-state index in [1.165, 1.54) is 0 Å². The molecule has 0 radical (unpaired) electrons. The van der Waals surface area contributed by atoms with Crippen LogP contribution in [0.15, 0.2) is 18.5 Å². The second kappa shape index (κ2) is 2.30. The molecule has 0 aliphatic heterocycles. The summed E-state index contributed by atoms with van der Waals surface area (Å²) in [6.45, 7) is 2.05. The molecule has 0 aromatic carbocycles. The first-order chi connectivity index (χ1) is 5.42. The van der Waals surface area contributed by atoms with Crippen LogP contribution in [-0.2, 0) is 6.42 Å². The standard InChI is InChI=1S/C7H8N4/c1-2-7-8-5-6-3-4-9-10-11(6)7/h3-5H,2H2,1H3. The minimum absolute atomic E-state index is 0.882. The third-order valence-corrected chi connectivity index (χ3v) is 1.60. The summed E-state index contributed by atoms with van der Waals surface area (Å²) in [7, 11) is 0. The van der Waals surface area contributed by atoms with Gasteiger partial charge in [-0.05, 0) is 6.07 Å². The Morgan fingerprint density at radius 1 is 1.55 bits per heavy atom. The molecule has 2 aromatic heterocycles. The fourth-order valence-electron chi connectivity index (χ4n) is 1.05. The molecule has 0 bridgehead atoms. The quantitative estimate of drug-likeness (QED) is 0.597. The molecule has 0 spiro atoms. The van der Waals surface area contributed by atoms with E-state index in [1.807, 2.05) is 13.0 Å². The van der Waals surface area contributed by atoms with E-state index in [0.717, 1.165) is 17.8 Å². The van der Waals surface area contributed by atoms with E-state index in [9.17, 15) is 0 Å². The molecule has 0 saturated heterocycles. The summed E-state index contributed by atoms with van der Waals surface area (Å²) >= 11 is 0. The molecule has 2 rings (SSSR count). The zero-order valence-corrected chi connectivity index (χ0v) is 6.23. The minimum atomic E-state index is 0.882.